The van der Waals surface area contributed by atoms with Gasteiger partial charge in [-0.05, 0) is 12.1 Å². The number of carboxylic acid groups (broad SMARTS) is 1. The lowest BCUT2D eigenvalue weighted by Gasteiger charge is -2.30. The van der Waals surface area contributed by atoms with Gasteiger partial charge in [-0.25, -0.2) is 4.79 Å². The number of nitrogen functional groups attached to an aromatic ring is 1. The van der Waals surface area contributed by atoms with Gasteiger partial charge in [-0.15, -0.1) is 0 Å². The van der Waals surface area contributed by atoms with Crippen LogP contribution in [0, 0.1) is 0 Å². The topological polar surface area (TPSA) is 75.8 Å². The van der Waals surface area contributed by atoms with E-state index < -0.39 is 5.97 Å². The van der Waals surface area contributed by atoms with Crippen molar-refractivity contribution in [2.45, 2.75) is 0 Å². The summed E-state index contributed by atoms with van der Waals surface area (Å²) in [4.78, 5) is 13.0. The molecule has 16 heavy (non-hydrogen) atoms. The van der Waals surface area contributed by atoms with Gasteiger partial charge in [-0.2, -0.15) is 0 Å². The van der Waals surface area contributed by atoms with Crippen molar-refractivity contribution < 1.29 is 14.6 Å². The number of carboxylic acids is 1. The summed E-state index contributed by atoms with van der Waals surface area (Å²) in [5, 5.41) is 8.97. The highest BCUT2D eigenvalue weighted by atomic mass is 16.5. The zero-order valence-corrected chi connectivity index (χ0v) is 8.85. The molecule has 1 aromatic carbocycles. The minimum atomic E-state index is -0.993. The van der Waals surface area contributed by atoms with Gasteiger partial charge in [0.05, 0.1) is 30.2 Å². The van der Waals surface area contributed by atoms with Gasteiger partial charge in [0.15, 0.2) is 0 Å². The highest BCUT2D eigenvalue weighted by molar-refractivity contribution is 5.97. The Bertz CT molecular complexity index is 400. The number of nitrogens with two attached hydrogens (primary N) is 1. The molecule has 3 N–H and O–H groups in total. The summed E-state index contributed by atoms with van der Waals surface area (Å²) in [6.45, 7) is 2.79. The zero-order chi connectivity index (χ0) is 11.5. The van der Waals surface area contributed by atoms with Gasteiger partial charge in [-0.3, -0.25) is 0 Å². The predicted octanol–water partition coefficient (Wildman–Crippen LogP) is 0.804. The highest BCUT2D eigenvalue weighted by Gasteiger charge is 2.17. The van der Waals surface area contributed by atoms with E-state index in [-0.39, 0.29) is 5.56 Å². The molecule has 0 saturated carbocycles. The van der Waals surface area contributed by atoms with E-state index in [0.29, 0.717) is 18.9 Å². The fourth-order valence-corrected chi connectivity index (χ4v) is 1.82. The Morgan fingerprint density at radius 3 is 2.69 bits per heavy atom. The maximum absolute atomic E-state index is 10.9. The Kier molecular flexibility index (Phi) is 2.96. The fraction of sp³-hybridized carbons (Fsp3) is 0.364. The number of rotatable bonds is 2. The van der Waals surface area contributed by atoms with Crippen LogP contribution >= 0.6 is 0 Å². The summed E-state index contributed by atoms with van der Waals surface area (Å²) in [5.74, 6) is -0.993. The molecular formula is C11H14N2O3. The second-order valence-electron chi connectivity index (χ2n) is 3.64. The van der Waals surface area contributed by atoms with E-state index in [4.69, 9.17) is 15.6 Å². The maximum Gasteiger partial charge on any atom is 0.337 e. The van der Waals surface area contributed by atoms with Gasteiger partial charge in [0, 0.05) is 13.1 Å². The molecule has 5 heteroatoms. The van der Waals surface area contributed by atoms with Gasteiger partial charge >= 0.3 is 5.97 Å². The Labute approximate surface area is 93.4 Å². The Morgan fingerprint density at radius 2 is 2.06 bits per heavy atom. The van der Waals surface area contributed by atoms with Crippen molar-refractivity contribution in [1.29, 1.82) is 0 Å². The Hall–Kier alpha value is -1.75. The highest BCUT2D eigenvalue weighted by Crippen LogP contribution is 2.27. The van der Waals surface area contributed by atoms with Gasteiger partial charge in [0.2, 0.25) is 0 Å². The maximum atomic E-state index is 10.9. The van der Waals surface area contributed by atoms with E-state index in [2.05, 4.69) is 0 Å². The summed E-state index contributed by atoms with van der Waals surface area (Å²) >= 11 is 0. The van der Waals surface area contributed by atoms with E-state index in [9.17, 15) is 4.79 Å². The molecular weight excluding hydrogens is 208 g/mol. The average Bonchev–Trinajstić information content (AvgIpc) is 2.30. The van der Waals surface area contributed by atoms with Crippen molar-refractivity contribution in [2.24, 2.45) is 0 Å². The molecule has 5 nitrogen and oxygen atoms in total. The third kappa shape index (κ3) is 1.94. The first-order valence-corrected chi connectivity index (χ1v) is 5.14. The van der Waals surface area contributed by atoms with E-state index >= 15 is 0 Å². The molecule has 1 aliphatic heterocycles. The molecule has 0 radical (unpaired) electrons. The first kappa shape index (κ1) is 10.8. The standard InChI is InChI=1S/C11H14N2O3/c12-10-8(11(14)15)2-1-3-9(10)13-4-6-16-7-5-13/h1-3H,4-7,12H2,(H,14,15). The van der Waals surface area contributed by atoms with Crippen LogP contribution in [0.5, 0.6) is 0 Å². The molecule has 0 aliphatic carbocycles. The average molecular weight is 222 g/mol. The van der Waals surface area contributed by atoms with E-state index in [1.165, 1.54) is 6.07 Å². The van der Waals surface area contributed by atoms with Crippen LogP contribution in [0.4, 0.5) is 11.4 Å². The van der Waals surface area contributed by atoms with Gasteiger partial charge in [-0.1, -0.05) is 6.07 Å². The summed E-state index contributed by atoms with van der Waals surface area (Å²) in [5.41, 5.74) is 7.12. The number of anilines is 2. The number of para-hydroxylation sites is 1. The van der Waals surface area contributed by atoms with Crippen molar-refractivity contribution in [3.8, 4) is 0 Å². The molecule has 1 heterocycles. The van der Waals surface area contributed by atoms with Crippen molar-refractivity contribution >= 4 is 17.3 Å². The van der Waals surface area contributed by atoms with Crippen LogP contribution < -0.4 is 10.6 Å². The fourth-order valence-electron chi connectivity index (χ4n) is 1.82. The van der Waals surface area contributed by atoms with Crippen molar-refractivity contribution in [3.63, 3.8) is 0 Å². The molecule has 0 bridgehead atoms. The van der Waals surface area contributed by atoms with Gasteiger partial charge in [0.1, 0.15) is 0 Å². The molecule has 0 aromatic heterocycles. The van der Waals surface area contributed by atoms with Crippen LogP contribution in [0.1, 0.15) is 10.4 Å². The first-order valence-electron chi connectivity index (χ1n) is 5.14. The molecule has 0 spiro atoms. The van der Waals surface area contributed by atoms with Crippen LogP contribution in [0.15, 0.2) is 18.2 Å². The minimum absolute atomic E-state index is 0.156. The number of aromatic carboxylic acids is 1. The minimum Gasteiger partial charge on any atom is -0.478 e. The second-order valence-corrected chi connectivity index (χ2v) is 3.64. The molecule has 1 aliphatic rings. The number of hydrogen-bond donors (Lipinski definition) is 2. The monoisotopic (exact) mass is 222 g/mol. The van der Waals surface area contributed by atoms with Gasteiger partial charge in [0.25, 0.3) is 0 Å². The van der Waals surface area contributed by atoms with Crippen LogP contribution in [-0.4, -0.2) is 37.4 Å². The molecule has 1 aromatic rings. The smallest absolute Gasteiger partial charge is 0.337 e. The lowest BCUT2D eigenvalue weighted by molar-refractivity contribution is 0.0698. The van der Waals surface area contributed by atoms with E-state index in [0.717, 1.165) is 18.8 Å². The number of benzene rings is 1. The molecule has 1 fully saturated rings. The predicted molar refractivity (Wildman–Crippen MR) is 60.8 cm³/mol. The number of ether oxygens (including phenoxy) is 1. The lowest BCUT2D eigenvalue weighted by Crippen LogP contribution is -2.36. The Morgan fingerprint density at radius 1 is 1.38 bits per heavy atom. The molecule has 2 rings (SSSR count). The molecule has 1 saturated heterocycles. The van der Waals surface area contributed by atoms with Gasteiger partial charge < -0.3 is 20.5 Å². The van der Waals surface area contributed by atoms with Crippen LogP contribution in [0.2, 0.25) is 0 Å². The summed E-state index contributed by atoms with van der Waals surface area (Å²) in [6.07, 6.45) is 0. The second kappa shape index (κ2) is 4.40. The van der Waals surface area contributed by atoms with E-state index in [1.807, 2.05) is 11.0 Å². The quantitative estimate of drug-likeness (QED) is 0.724. The van der Waals surface area contributed by atoms with Crippen molar-refractivity contribution in [3.05, 3.63) is 23.8 Å². The summed E-state index contributed by atoms with van der Waals surface area (Å²) in [6, 6.07) is 5.07. The van der Waals surface area contributed by atoms with E-state index in [1.54, 1.807) is 6.07 Å². The first-order chi connectivity index (χ1) is 7.70. The number of morpholine rings is 1. The SMILES string of the molecule is Nc1c(C(=O)O)cccc1N1CCOCC1. The van der Waals surface area contributed by atoms with Crippen LogP contribution in [-0.2, 0) is 4.74 Å². The lowest BCUT2D eigenvalue weighted by atomic mass is 10.1. The third-order valence-electron chi connectivity index (χ3n) is 2.67. The van der Waals surface area contributed by atoms with Crippen LogP contribution in [0.25, 0.3) is 0 Å². The molecule has 0 unspecified atom stereocenters. The van der Waals surface area contributed by atoms with Crippen molar-refractivity contribution in [2.75, 3.05) is 36.9 Å². The van der Waals surface area contributed by atoms with Crippen molar-refractivity contribution in [1.82, 2.24) is 0 Å². The zero-order valence-electron chi connectivity index (χ0n) is 8.85. The number of carbonyl (C=O) groups is 1. The number of hydrogen-bond acceptors (Lipinski definition) is 4. The molecule has 86 valence electrons. The Balaban J connectivity index is 2.33. The third-order valence-corrected chi connectivity index (χ3v) is 2.67. The molecule has 0 atom stereocenters. The summed E-state index contributed by atoms with van der Waals surface area (Å²) in [7, 11) is 0. The van der Waals surface area contributed by atoms with Crippen LogP contribution in [0.3, 0.4) is 0 Å². The normalized spacial score (nSPS) is 16.1. The molecule has 0 amide bonds. The summed E-state index contributed by atoms with van der Waals surface area (Å²) < 4.78 is 5.24. The number of nitrogens with zero attached hydrogens (tertiary/aromatic N) is 1. The largest absolute Gasteiger partial charge is 0.478 e.